The Labute approximate surface area is 129 Å². The molecule has 0 spiro atoms. The molecule has 1 aromatic rings. The molecule has 1 rings (SSSR count). The van der Waals surface area contributed by atoms with Gasteiger partial charge in [-0.1, -0.05) is 11.6 Å². The van der Waals surface area contributed by atoms with Gasteiger partial charge in [0.1, 0.15) is 12.4 Å². The fourth-order valence-electron chi connectivity index (χ4n) is 1.59. The van der Waals surface area contributed by atoms with E-state index in [-0.39, 0.29) is 5.91 Å². The number of halogens is 1. The first kappa shape index (κ1) is 17.1. The van der Waals surface area contributed by atoms with E-state index in [1.807, 2.05) is 6.26 Å². The Morgan fingerprint density at radius 1 is 1.45 bits per heavy atom. The van der Waals surface area contributed by atoms with E-state index >= 15 is 0 Å². The van der Waals surface area contributed by atoms with Gasteiger partial charge in [0.2, 0.25) is 5.91 Å². The van der Waals surface area contributed by atoms with Crippen LogP contribution in [0.3, 0.4) is 0 Å². The monoisotopic (exact) mass is 316 g/mol. The minimum absolute atomic E-state index is 0.0428. The smallest absolute Gasteiger partial charge is 0.239 e. The second-order valence-corrected chi connectivity index (χ2v) is 5.87. The van der Waals surface area contributed by atoms with E-state index in [9.17, 15) is 4.79 Å². The van der Waals surface area contributed by atoms with E-state index in [0.29, 0.717) is 24.6 Å². The summed E-state index contributed by atoms with van der Waals surface area (Å²) in [7, 11) is 1.74. The lowest BCUT2D eigenvalue weighted by atomic mass is 10.2. The number of ether oxygens (including phenoxy) is 1. The SMILES string of the molecule is CSCC[C@H](N)C(=O)N(C)CCOc1ccc(Cl)cc1. The van der Waals surface area contributed by atoms with Crippen LogP contribution in [0.25, 0.3) is 0 Å². The zero-order valence-corrected chi connectivity index (χ0v) is 13.4. The van der Waals surface area contributed by atoms with E-state index in [4.69, 9.17) is 22.1 Å². The number of hydrogen-bond donors (Lipinski definition) is 1. The van der Waals surface area contributed by atoms with Crippen molar-refractivity contribution in [3.63, 3.8) is 0 Å². The van der Waals surface area contributed by atoms with Crippen molar-refractivity contribution in [1.29, 1.82) is 0 Å². The van der Waals surface area contributed by atoms with Crippen LogP contribution < -0.4 is 10.5 Å². The van der Waals surface area contributed by atoms with Gasteiger partial charge < -0.3 is 15.4 Å². The van der Waals surface area contributed by atoms with Gasteiger partial charge in [0, 0.05) is 12.1 Å². The summed E-state index contributed by atoms with van der Waals surface area (Å²) in [6.45, 7) is 0.938. The van der Waals surface area contributed by atoms with Crippen LogP contribution in [0.4, 0.5) is 0 Å². The highest BCUT2D eigenvalue weighted by molar-refractivity contribution is 7.98. The zero-order valence-electron chi connectivity index (χ0n) is 11.8. The first-order valence-electron chi connectivity index (χ1n) is 6.42. The molecule has 0 saturated carbocycles. The third kappa shape index (κ3) is 6.03. The lowest BCUT2D eigenvalue weighted by molar-refractivity contribution is -0.131. The van der Waals surface area contributed by atoms with Crippen molar-refractivity contribution < 1.29 is 9.53 Å². The van der Waals surface area contributed by atoms with Crippen molar-refractivity contribution in [2.45, 2.75) is 12.5 Å². The van der Waals surface area contributed by atoms with Crippen LogP contribution in [-0.2, 0) is 4.79 Å². The molecule has 0 aliphatic heterocycles. The van der Waals surface area contributed by atoms with Crippen molar-refractivity contribution in [3.8, 4) is 5.75 Å². The number of nitrogens with two attached hydrogens (primary N) is 1. The summed E-state index contributed by atoms with van der Waals surface area (Å²) in [6, 6.07) is 6.71. The summed E-state index contributed by atoms with van der Waals surface area (Å²) in [6.07, 6.45) is 2.70. The van der Waals surface area contributed by atoms with Crippen molar-refractivity contribution in [3.05, 3.63) is 29.3 Å². The van der Waals surface area contributed by atoms with Crippen molar-refractivity contribution in [1.82, 2.24) is 4.90 Å². The Morgan fingerprint density at radius 3 is 2.70 bits per heavy atom. The molecule has 0 bridgehead atoms. The van der Waals surface area contributed by atoms with Crippen molar-refractivity contribution >= 4 is 29.3 Å². The molecular formula is C14H21ClN2O2S. The maximum absolute atomic E-state index is 12.0. The topological polar surface area (TPSA) is 55.6 Å². The Hall–Kier alpha value is -0.910. The van der Waals surface area contributed by atoms with Crippen LogP contribution in [0.5, 0.6) is 5.75 Å². The van der Waals surface area contributed by atoms with Gasteiger partial charge >= 0.3 is 0 Å². The summed E-state index contributed by atoms with van der Waals surface area (Å²) in [5.74, 6) is 1.59. The fraction of sp³-hybridized carbons (Fsp3) is 0.500. The van der Waals surface area contributed by atoms with Crippen LogP contribution >= 0.6 is 23.4 Å². The molecule has 0 aliphatic rings. The number of amides is 1. The highest BCUT2D eigenvalue weighted by atomic mass is 35.5. The van der Waals surface area contributed by atoms with E-state index in [1.165, 1.54) is 0 Å². The first-order valence-corrected chi connectivity index (χ1v) is 8.19. The van der Waals surface area contributed by atoms with Gasteiger partial charge in [-0.2, -0.15) is 11.8 Å². The summed E-state index contributed by atoms with van der Waals surface area (Å²) in [4.78, 5) is 13.6. The zero-order chi connectivity index (χ0) is 15.0. The average Bonchev–Trinajstić information content (AvgIpc) is 2.45. The lowest BCUT2D eigenvalue weighted by Crippen LogP contribution is -2.43. The summed E-state index contributed by atoms with van der Waals surface area (Å²) >= 11 is 7.48. The normalized spacial score (nSPS) is 12.0. The van der Waals surface area contributed by atoms with Crippen molar-refractivity contribution in [2.24, 2.45) is 5.73 Å². The number of hydrogen-bond acceptors (Lipinski definition) is 4. The molecule has 0 saturated heterocycles. The van der Waals surface area contributed by atoms with Crippen molar-refractivity contribution in [2.75, 3.05) is 32.2 Å². The lowest BCUT2D eigenvalue weighted by Gasteiger charge is -2.21. The molecule has 112 valence electrons. The molecule has 20 heavy (non-hydrogen) atoms. The molecule has 0 radical (unpaired) electrons. The van der Waals surface area contributed by atoms with E-state index in [1.54, 1.807) is 48.0 Å². The maximum Gasteiger partial charge on any atom is 0.239 e. The maximum atomic E-state index is 12.0. The molecule has 0 heterocycles. The second-order valence-electron chi connectivity index (χ2n) is 4.45. The number of carbonyl (C=O) groups excluding carboxylic acids is 1. The van der Waals surface area contributed by atoms with Crippen LogP contribution in [0.15, 0.2) is 24.3 Å². The number of rotatable bonds is 8. The minimum Gasteiger partial charge on any atom is -0.492 e. The molecule has 0 fully saturated rings. The number of thioether (sulfide) groups is 1. The molecule has 0 unspecified atom stereocenters. The molecule has 1 amide bonds. The molecule has 1 atom stereocenters. The Kier molecular flexibility index (Phi) is 7.80. The van der Waals surface area contributed by atoms with Gasteiger partial charge in [-0.05, 0) is 42.7 Å². The largest absolute Gasteiger partial charge is 0.492 e. The summed E-state index contributed by atoms with van der Waals surface area (Å²) in [5, 5.41) is 0.671. The minimum atomic E-state index is -0.428. The number of nitrogens with zero attached hydrogens (tertiary/aromatic N) is 1. The van der Waals surface area contributed by atoms with Crippen LogP contribution in [0, 0.1) is 0 Å². The summed E-state index contributed by atoms with van der Waals surface area (Å²) in [5.41, 5.74) is 5.84. The molecule has 4 nitrogen and oxygen atoms in total. The number of carbonyl (C=O) groups is 1. The second kappa shape index (κ2) is 9.10. The van der Waals surface area contributed by atoms with Gasteiger partial charge in [0.25, 0.3) is 0 Å². The van der Waals surface area contributed by atoms with Gasteiger partial charge in [-0.15, -0.1) is 0 Å². The van der Waals surface area contributed by atoms with E-state index < -0.39 is 6.04 Å². The van der Waals surface area contributed by atoms with Gasteiger partial charge in [0.15, 0.2) is 0 Å². The van der Waals surface area contributed by atoms with Gasteiger partial charge in [0.05, 0.1) is 12.6 Å². The highest BCUT2D eigenvalue weighted by Gasteiger charge is 2.17. The quantitative estimate of drug-likeness (QED) is 0.799. The standard InChI is InChI=1S/C14H21ClN2O2S/c1-17(14(18)13(16)7-10-20-2)8-9-19-12-5-3-11(15)4-6-12/h3-6,13H,7-10,16H2,1-2H3/t13-/m0/s1. The molecule has 2 N–H and O–H groups in total. The molecule has 0 aromatic heterocycles. The Morgan fingerprint density at radius 2 is 2.10 bits per heavy atom. The first-order chi connectivity index (χ1) is 9.54. The Balaban J connectivity index is 2.30. The molecule has 1 aromatic carbocycles. The van der Waals surface area contributed by atoms with Crippen LogP contribution in [-0.4, -0.2) is 49.1 Å². The predicted octanol–water partition coefficient (Wildman–Crippen LogP) is 2.26. The third-order valence-corrected chi connectivity index (χ3v) is 3.73. The van der Waals surface area contributed by atoms with Crippen LogP contribution in [0.1, 0.15) is 6.42 Å². The average molecular weight is 317 g/mol. The number of likely N-dealkylation sites (N-methyl/N-ethyl adjacent to an activating group) is 1. The third-order valence-electron chi connectivity index (χ3n) is 2.84. The highest BCUT2D eigenvalue weighted by Crippen LogP contribution is 2.15. The van der Waals surface area contributed by atoms with E-state index in [0.717, 1.165) is 11.5 Å². The van der Waals surface area contributed by atoms with E-state index in [2.05, 4.69) is 0 Å². The number of benzene rings is 1. The summed E-state index contributed by atoms with van der Waals surface area (Å²) < 4.78 is 5.55. The molecule has 6 heteroatoms. The fourth-order valence-corrected chi connectivity index (χ4v) is 2.21. The molecular weight excluding hydrogens is 296 g/mol. The predicted molar refractivity (Wildman–Crippen MR) is 85.6 cm³/mol. The van der Waals surface area contributed by atoms with Gasteiger partial charge in [-0.25, -0.2) is 0 Å². The van der Waals surface area contributed by atoms with Gasteiger partial charge in [-0.3, -0.25) is 4.79 Å². The molecule has 0 aliphatic carbocycles. The van der Waals surface area contributed by atoms with Crippen LogP contribution in [0.2, 0.25) is 5.02 Å². The Bertz CT molecular complexity index is 414.